The molecule has 1 N–H and O–H groups in total. The van der Waals surface area contributed by atoms with Crippen LogP contribution >= 0.6 is 0 Å². The molecule has 0 aliphatic carbocycles. The van der Waals surface area contributed by atoms with Crippen LogP contribution in [-0.2, 0) is 6.54 Å². The monoisotopic (exact) mass is 443 g/mol. The van der Waals surface area contributed by atoms with E-state index in [1.54, 1.807) is 12.1 Å². The minimum absolute atomic E-state index is 0.158. The summed E-state index contributed by atoms with van der Waals surface area (Å²) in [5, 5.41) is 2.97. The largest absolute Gasteiger partial charge is 0.493 e. The van der Waals surface area contributed by atoms with E-state index in [1.165, 1.54) is 26.9 Å². The lowest BCUT2D eigenvalue weighted by atomic mass is 10.1. The van der Waals surface area contributed by atoms with Crippen molar-refractivity contribution < 1.29 is 19.0 Å². The lowest BCUT2D eigenvalue weighted by Gasteiger charge is -2.20. The van der Waals surface area contributed by atoms with Gasteiger partial charge in [0.1, 0.15) is 0 Å². The summed E-state index contributed by atoms with van der Waals surface area (Å²) in [6.45, 7) is 4.58. The fraction of sp³-hybridized carbons (Fsp3) is 0.480. The zero-order valence-electron chi connectivity index (χ0n) is 20.0. The zero-order valence-corrected chi connectivity index (χ0v) is 20.0. The first-order chi connectivity index (χ1) is 15.5. The number of carbonyl (C=O) groups is 1. The van der Waals surface area contributed by atoms with E-state index < -0.39 is 0 Å². The van der Waals surface area contributed by atoms with Crippen LogP contribution in [0.1, 0.15) is 28.8 Å². The topological polar surface area (TPSA) is 63.3 Å². The van der Waals surface area contributed by atoms with Crippen molar-refractivity contribution in [3.63, 3.8) is 0 Å². The Kier molecular flexibility index (Phi) is 10.8. The number of nitrogens with zero attached hydrogens (tertiary/aromatic N) is 2. The van der Waals surface area contributed by atoms with Crippen LogP contribution in [0.15, 0.2) is 42.5 Å². The fourth-order valence-corrected chi connectivity index (χ4v) is 3.56. The third-order valence-corrected chi connectivity index (χ3v) is 5.30. The Morgan fingerprint density at radius 2 is 1.44 bits per heavy atom. The van der Waals surface area contributed by atoms with Crippen molar-refractivity contribution in [3.8, 4) is 17.2 Å². The predicted molar refractivity (Wildman–Crippen MR) is 128 cm³/mol. The summed E-state index contributed by atoms with van der Waals surface area (Å²) < 4.78 is 15.9. The molecule has 0 unspecified atom stereocenters. The van der Waals surface area contributed by atoms with Crippen LogP contribution < -0.4 is 19.5 Å². The first kappa shape index (κ1) is 25.5. The molecule has 2 aromatic rings. The van der Waals surface area contributed by atoms with E-state index in [0.717, 1.165) is 39.0 Å². The summed E-state index contributed by atoms with van der Waals surface area (Å²) in [5.74, 6) is 1.25. The molecule has 0 spiro atoms. The van der Waals surface area contributed by atoms with Gasteiger partial charge in [0, 0.05) is 18.7 Å². The van der Waals surface area contributed by atoms with E-state index in [0.29, 0.717) is 29.4 Å². The maximum Gasteiger partial charge on any atom is 0.251 e. The average Bonchev–Trinajstić information content (AvgIpc) is 2.81. The van der Waals surface area contributed by atoms with Crippen LogP contribution in [0, 0.1) is 0 Å². The molecule has 0 saturated heterocycles. The van der Waals surface area contributed by atoms with Crippen LogP contribution in [0.5, 0.6) is 17.2 Å². The van der Waals surface area contributed by atoms with Gasteiger partial charge >= 0.3 is 0 Å². The molecule has 176 valence electrons. The predicted octanol–water partition coefficient (Wildman–Crippen LogP) is 3.29. The number of nitrogens with one attached hydrogen (secondary N) is 1. The Balaban J connectivity index is 1.68. The van der Waals surface area contributed by atoms with Crippen molar-refractivity contribution >= 4 is 5.91 Å². The van der Waals surface area contributed by atoms with Crippen molar-refractivity contribution in [2.24, 2.45) is 0 Å². The second-order valence-electron chi connectivity index (χ2n) is 7.90. The molecule has 0 fully saturated rings. The van der Waals surface area contributed by atoms with E-state index >= 15 is 0 Å². The number of hydrogen-bond donors (Lipinski definition) is 1. The highest BCUT2D eigenvalue weighted by molar-refractivity contribution is 5.95. The van der Waals surface area contributed by atoms with Crippen molar-refractivity contribution in [2.75, 3.05) is 61.6 Å². The summed E-state index contributed by atoms with van der Waals surface area (Å²) in [4.78, 5) is 17.2. The lowest BCUT2D eigenvalue weighted by molar-refractivity contribution is 0.0951. The molecule has 0 aliphatic rings. The Bertz CT molecular complexity index is 804. The Labute approximate surface area is 192 Å². The van der Waals surface area contributed by atoms with E-state index in [9.17, 15) is 4.79 Å². The fourth-order valence-electron chi connectivity index (χ4n) is 3.56. The van der Waals surface area contributed by atoms with Crippen LogP contribution in [-0.4, -0.2) is 77.3 Å². The van der Waals surface area contributed by atoms with Crippen LogP contribution in [0.25, 0.3) is 0 Å². The smallest absolute Gasteiger partial charge is 0.251 e. The van der Waals surface area contributed by atoms with Crippen LogP contribution in [0.2, 0.25) is 0 Å². The van der Waals surface area contributed by atoms with Gasteiger partial charge in [-0.05, 0) is 64.3 Å². The van der Waals surface area contributed by atoms with Gasteiger partial charge in [0.05, 0.1) is 21.3 Å². The number of rotatable bonds is 14. The summed E-state index contributed by atoms with van der Waals surface area (Å²) in [7, 11) is 8.89. The van der Waals surface area contributed by atoms with Crippen molar-refractivity contribution in [2.45, 2.75) is 19.4 Å². The van der Waals surface area contributed by atoms with Gasteiger partial charge < -0.3 is 29.3 Å². The Morgan fingerprint density at radius 3 is 2.03 bits per heavy atom. The molecule has 0 radical (unpaired) electrons. The number of carbonyl (C=O) groups excluding carboxylic acids is 1. The Hall–Kier alpha value is -2.77. The van der Waals surface area contributed by atoms with Crippen molar-refractivity contribution in [3.05, 3.63) is 53.6 Å². The molecule has 2 aromatic carbocycles. The molecule has 0 atom stereocenters. The molecular weight excluding hydrogens is 406 g/mol. The Morgan fingerprint density at radius 1 is 0.844 bits per heavy atom. The van der Waals surface area contributed by atoms with Gasteiger partial charge in [-0.3, -0.25) is 4.79 Å². The second-order valence-corrected chi connectivity index (χ2v) is 7.90. The number of methoxy groups -OCH3 is 3. The first-order valence-corrected chi connectivity index (χ1v) is 11.0. The quantitative estimate of drug-likeness (QED) is 0.452. The van der Waals surface area contributed by atoms with Crippen LogP contribution in [0.3, 0.4) is 0 Å². The van der Waals surface area contributed by atoms with Gasteiger partial charge in [-0.15, -0.1) is 0 Å². The van der Waals surface area contributed by atoms with E-state index in [-0.39, 0.29) is 5.91 Å². The number of hydrogen-bond acceptors (Lipinski definition) is 6. The summed E-state index contributed by atoms with van der Waals surface area (Å²) in [5.41, 5.74) is 1.82. The molecule has 0 saturated carbocycles. The highest BCUT2D eigenvalue weighted by Gasteiger charge is 2.16. The van der Waals surface area contributed by atoms with E-state index in [2.05, 4.69) is 53.5 Å². The molecule has 0 aliphatic heterocycles. The third kappa shape index (κ3) is 8.05. The molecule has 0 aromatic heterocycles. The highest BCUT2D eigenvalue weighted by Crippen LogP contribution is 2.38. The maximum absolute atomic E-state index is 12.5. The summed E-state index contributed by atoms with van der Waals surface area (Å²) in [6.07, 6.45) is 1.99. The zero-order chi connectivity index (χ0) is 23.3. The van der Waals surface area contributed by atoms with Gasteiger partial charge in [0.15, 0.2) is 11.5 Å². The average molecular weight is 444 g/mol. The minimum Gasteiger partial charge on any atom is -0.493 e. The van der Waals surface area contributed by atoms with Crippen LogP contribution in [0.4, 0.5) is 0 Å². The second kappa shape index (κ2) is 13.6. The number of benzene rings is 2. The molecule has 0 heterocycles. The standard InChI is InChI=1S/C25H37N3O4/c1-27(15-10-16-28(2)19-20-11-7-6-8-12-20)14-9-13-26-25(29)21-17-22(30-3)24(32-5)23(18-21)31-4/h6-8,11-12,17-18H,9-10,13-16,19H2,1-5H3,(H,26,29). The van der Waals surface area contributed by atoms with Gasteiger partial charge in [-0.1, -0.05) is 30.3 Å². The SMILES string of the molecule is COc1cc(C(=O)NCCCN(C)CCCN(C)Cc2ccccc2)cc(OC)c1OC. The van der Waals surface area contributed by atoms with E-state index in [4.69, 9.17) is 14.2 Å². The number of amides is 1. The first-order valence-electron chi connectivity index (χ1n) is 11.0. The maximum atomic E-state index is 12.5. The molecule has 7 heteroatoms. The minimum atomic E-state index is -0.158. The summed E-state index contributed by atoms with van der Waals surface area (Å²) >= 11 is 0. The molecular formula is C25H37N3O4. The summed E-state index contributed by atoms with van der Waals surface area (Å²) in [6, 6.07) is 13.9. The number of ether oxygens (including phenoxy) is 3. The molecule has 1 amide bonds. The molecule has 32 heavy (non-hydrogen) atoms. The van der Waals surface area contributed by atoms with Gasteiger partial charge in [0.2, 0.25) is 5.75 Å². The molecule has 7 nitrogen and oxygen atoms in total. The normalized spacial score (nSPS) is 11.0. The van der Waals surface area contributed by atoms with Gasteiger partial charge in [-0.2, -0.15) is 0 Å². The van der Waals surface area contributed by atoms with Crippen molar-refractivity contribution in [1.82, 2.24) is 15.1 Å². The van der Waals surface area contributed by atoms with Crippen molar-refractivity contribution in [1.29, 1.82) is 0 Å². The lowest BCUT2D eigenvalue weighted by Crippen LogP contribution is -2.30. The van der Waals surface area contributed by atoms with E-state index in [1.807, 2.05) is 6.07 Å². The highest BCUT2D eigenvalue weighted by atomic mass is 16.5. The van der Waals surface area contributed by atoms with Gasteiger partial charge in [-0.25, -0.2) is 0 Å². The molecule has 0 bridgehead atoms. The third-order valence-electron chi connectivity index (χ3n) is 5.30. The molecule has 2 rings (SSSR count). The van der Waals surface area contributed by atoms with Gasteiger partial charge in [0.25, 0.3) is 5.91 Å².